The molecule has 1 heterocycles. The largest absolute Gasteiger partial charge is 0.497 e. The molecular formula is C26H19ClO5. The number of carbonyl (C=O) groups is 1. The molecule has 0 unspecified atom stereocenters. The van der Waals surface area contributed by atoms with Crippen LogP contribution in [0.25, 0.3) is 28.4 Å². The molecule has 1 aromatic heterocycles. The molecule has 0 saturated carbocycles. The molecule has 3 aromatic carbocycles. The predicted octanol–water partition coefficient (Wildman–Crippen LogP) is 6.05. The summed E-state index contributed by atoms with van der Waals surface area (Å²) in [5.74, 6) is -0.115. The van der Waals surface area contributed by atoms with Crippen molar-refractivity contribution in [2.24, 2.45) is 0 Å². The SMILES string of the molecule is COc1ccc(-c2oc3cc(C)c(Cl)cc3c(=O)c2OC(=O)/C=C/c2ccccc2)cc1. The maximum absolute atomic E-state index is 13.3. The Morgan fingerprint density at radius 1 is 1.03 bits per heavy atom. The molecule has 5 nitrogen and oxygen atoms in total. The van der Waals surface area contributed by atoms with Gasteiger partial charge in [-0.05, 0) is 60.5 Å². The van der Waals surface area contributed by atoms with Gasteiger partial charge in [0.25, 0.3) is 0 Å². The van der Waals surface area contributed by atoms with Crippen LogP contribution in [0, 0.1) is 6.92 Å². The summed E-state index contributed by atoms with van der Waals surface area (Å²) in [6.07, 6.45) is 2.87. The van der Waals surface area contributed by atoms with Crippen molar-refractivity contribution >= 4 is 34.6 Å². The van der Waals surface area contributed by atoms with E-state index in [9.17, 15) is 9.59 Å². The van der Waals surface area contributed by atoms with Gasteiger partial charge in [-0.1, -0.05) is 41.9 Å². The summed E-state index contributed by atoms with van der Waals surface area (Å²) in [5.41, 5.74) is 2.01. The fraction of sp³-hybridized carbons (Fsp3) is 0.0769. The fourth-order valence-corrected chi connectivity index (χ4v) is 3.35. The highest BCUT2D eigenvalue weighted by Crippen LogP contribution is 2.33. The van der Waals surface area contributed by atoms with Crippen molar-refractivity contribution in [3.05, 3.63) is 99.2 Å². The smallest absolute Gasteiger partial charge is 0.336 e. The van der Waals surface area contributed by atoms with Crippen LogP contribution in [0.15, 0.2) is 82.0 Å². The first-order chi connectivity index (χ1) is 15.5. The van der Waals surface area contributed by atoms with Gasteiger partial charge in [-0.2, -0.15) is 0 Å². The van der Waals surface area contributed by atoms with Crippen molar-refractivity contribution in [3.8, 4) is 22.8 Å². The monoisotopic (exact) mass is 446 g/mol. The van der Waals surface area contributed by atoms with Crippen LogP contribution in [0.4, 0.5) is 0 Å². The van der Waals surface area contributed by atoms with Crippen LogP contribution < -0.4 is 14.9 Å². The van der Waals surface area contributed by atoms with E-state index in [4.69, 9.17) is 25.5 Å². The lowest BCUT2D eigenvalue weighted by Crippen LogP contribution is -2.14. The third kappa shape index (κ3) is 4.43. The summed E-state index contributed by atoms with van der Waals surface area (Å²) >= 11 is 6.21. The maximum Gasteiger partial charge on any atom is 0.336 e. The van der Waals surface area contributed by atoms with Crippen molar-refractivity contribution in [1.29, 1.82) is 0 Å². The normalized spacial score (nSPS) is 11.1. The average Bonchev–Trinajstić information content (AvgIpc) is 2.81. The van der Waals surface area contributed by atoms with Gasteiger partial charge >= 0.3 is 5.97 Å². The van der Waals surface area contributed by atoms with Crippen molar-refractivity contribution in [2.75, 3.05) is 7.11 Å². The maximum atomic E-state index is 13.3. The van der Waals surface area contributed by atoms with Gasteiger partial charge in [-0.3, -0.25) is 4.79 Å². The number of hydrogen-bond donors (Lipinski definition) is 0. The quantitative estimate of drug-likeness (QED) is 0.276. The Morgan fingerprint density at radius 2 is 1.75 bits per heavy atom. The zero-order valence-corrected chi connectivity index (χ0v) is 18.2. The van der Waals surface area contributed by atoms with E-state index in [0.717, 1.165) is 11.1 Å². The molecule has 0 saturated heterocycles. The van der Waals surface area contributed by atoms with E-state index in [1.165, 1.54) is 12.1 Å². The van der Waals surface area contributed by atoms with E-state index in [1.54, 1.807) is 43.5 Å². The minimum atomic E-state index is -0.700. The first-order valence-corrected chi connectivity index (χ1v) is 10.2. The summed E-state index contributed by atoms with van der Waals surface area (Å²) in [6.45, 7) is 1.82. The molecule has 160 valence electrons. The van der Waals surface area contributed by atoms with Crippen molar-refractivity contribution in [3.63, 3.8) is 0 Å². The zero-order valence-electron chi connectivity index (χ0n) is 17.4. The fourth-order valence-electron chi connectivity index (χ4n) is 3.19. The molecule has 0 aliphatic rings. The Hall–Kier alpha value is -3.83. The number of hydrogen-bond acceptors (Lipinski definition) is 5. The Morgan fingerprint density at radius 3 is 2.44 bits per heavy atom. The number of fused-ring (bicyclic) bond motifs is 1. The highest BCUT2D eigenvalue weighted by Gasteiger charge is 2.20. The number of halogens is 1. The zero-order chi connectivity index (χ0) is 22.7. The van der Waals surface area contributed by atoms with E-state index in [-0.39, 0.29) is 16.9 Å². The van der Waals surface area contributed by atoms with Crippen LogP contribution in [0.2, 0.25) is 5.02 Å². The minimum absolute atomic E-state index is 0.147. The molecule has 0 aliphatic heterocycles. The topological polar surface area (TPSA) is 65.7 Å². The third-order valence-electron chi connectivity index (χ3n) is 4.90. The standard InChI is InChI=1S/C26H19ClO5/c1-16-14-22-20(15-21(16)27)24(29)26(25(31-22)18-9-11-19(30-2)12-10-18)32-23(28)13-8-17-6-4-3-5-7-17/h3-15H,1-2H3/b13-8+. The molecule has 6 heteroatoms. The van der Waals surface area contributed by atoms with E-state index in [1.807, 2.05) is 37.3 Å². The van der Waals surface area contributed by atoms with Crippen molar-refractivity contribution < 1.29 is 18.7 Å². The molecule has 0 amide bonds. The number of methoxy groups -OCH3 is 1. The molecular weight excluding hydrogens is 428 g/mol. The molecule has 0 N–H and O–H groups in total. The first kappa shape index (κ1) is 21.4. The van der Waals surface area contributed by atoms with Gasteiger partial charge in [0, 0.05) is 16.7 Å². The van der Waals surface area contributed by atoms with Gasteiger partial charge in [-0.15, -0.1) is 0 Å². The molecule has 0 aliphatic carbocycles. The van der Waals surface area contributed by atoms with E-state index < -0.39 is 11.4 Å². The molecule has 0 atom stereocenters. The van der Waals surface area contributed by atoms with Crippen molar-refractivity contribution in [2.45, 2.75) is 6.92 Å². The van der Waals surface area contributed by atoms with Crippen LogP contribution in [-0.4, -0.2) is 13.1 Å². The Kier molecular flexibility index (Phi) is 6.10. The lowest BCUT2D eigenvalue weighted by Gasteiger charge is -2.11. The summed E-state index contributed by atoms with van der Waals surface area (Å²) in [6, 6.07) is 19.4. The second-order valence-corrected chi connectivity index (χ2v) is 7.49. The summed E-state index contributed by atoms with van der Waals surface area (Å²) in [4.78, 5) is 25.8. The third-order valence-corrected chi connectivity index (χ3v) is 5.30. The Bertz CT molecular complexity index is 1370. The second kappa shape index (κ2) is 9.12. The number of esters is 1. The lowest BCUT2D eigenvalue weighted by atomic mass is 10.1. The molecule has 4 rings (SSSR count). The summed E-state index contributed by atoms with van der Waals surface area (Å²) < 4.78 is 16.7. The molecule has 4 aromatic rings. The van der Waals surface area contributed by atoms with Crippen LogP contribution in [0.3, 0.4) is 0 Å². The van der Waals surface area contributed by atoms with Gasteiger partial charge in [0.05, 0.1) is 12.5 Å². The summed E-state index contributed by atoms with van der Waals surface area (Å²) in [7, 11) is 1.56. The molecule has 0 bridgehead atoms. The van der Waals surface area contributed by atoms with Crippen LogP contribution in [-0.2, 0) is 4.79 Å². The van der Waals surface area contributed by atoms with Gasteiger partial charge < -0.3 is 13.9 Å². The number of aryl methyl sites for hydroxylation is 1. The first-order valence-electron chi connectivity index (χ1n) is 9.82. The minimum Gasteiger partial charge on any atom is -0.497 e. The number of ether oxygens (including phenoxy) is 2. The Labute approximate surface area is 189 Å². The van der Waals surface area contributed by atoms with Crippen molar-refractivity contribution in [1.82, 2.24) is 0 Å². The molecule has 0 radical (unpaired) electrons. The van der Waals surface area contributed by atoms with Gasteiger partial charge in [0.15, 0.2) is 5.76 Å². The molecule has 32 heavy (non-hydrogen) atoms. The lowest BCUT2D eigenvalue weighted by molar-refractivity contribution is -0.129. The Balaban J connectivity index is 1.81. The van der Waals surface area contributed by atoms with E-state index in [0.29, 0.717) is 21.9 Å². The van der Waals surface area contributed by atoms with Gasteiger partial charge in [0.2, 0.25) is 11.2 Å². The molecule has 0 fully saturated rings. The number of benzene rings is 3. The molecule has 0 spiro atoms. The van der Waals surface area contributed by atoms with Gasteiger partial charge in [0.1, 0.15) is 11.3 Å². The highest BCUT2D eigenvalue weighted by molar-refractivity contribution is 6.32. The summed E-state index contributed by atoms with van der Waals surface area (Å²) in [5, 5.41) is 0.649. The van der Waals surface area contributed by atoms with E-state index >= 15 is 0 Å². The van der Waals surface area contributed by atoms with Crippen LogP contribution in [0.1, 0.15) is 11.1 Å². The number of rotatable bonds is 5. The average molecular weight is 447 g/mol. The van der Waals surface area contributed by atoms with Crippen LogP contribution in [0.5, 0.6) is 11.5 Å². The predicted molar refractivity (Wildman–Crippen MR) is 125 cm³/mol. The van der Waals surface area contributed by atoms with E-state index in [2.05, 4.69) is 0 Å². The second-order valence-electron chi connectivity index (χ2n) is 7.08. The highest BCUT2D eigenvalue weighted by atomic mass is 35.5. The van der Waals surface area contributed by atoms with Crippen LogP contribution >= 0.6 is 11.6 Å². The number of carbonyl (C=O) groups excluding carboxylic acids is 1. The van der Waals surface area contributed by atoms with Gasteiger partial charge in [-0.25, -0.2) is 4.79 Å².